The van der Waals surface area contributed by atoms with Crippen LogP contribution in [0.25, 0.3) is 0 Å². The van der Waals surface area contributed by atoms with E-state index in [-0.39, 0.29) is 18.9 Å². The number of hydrogen-bond acceptors (Lipinski definition) is 3. The number of nitrogens with zero attached hydrogens (tertiary/aromatic N) is 1. The maximum atomic E-state index is 12.0. The average molecular weight is 268 g/mol. The van der Waals surface area contributed by atoms with Crippen molar-refractivity contribution in [1.82, 2.24) is 10.2 Å². The fourth-order valence-corrected chi connectivity index (χ4v) is 1.85. The fraction of sp³-hybridized carbons (Fsp3) is 0.909. The molecule has 1 aliphatic heterocycles. The van der Waals surface area contributed by atoms with Crippen LogP contribution in [0.2, 0.25) is 0 Å². The number of hydrogen-bond donors (Lipinski definition) is 2. The molecule has 0 aliphatic carbocycles. The summed E-state index contributed by atoms with van der Waals surface area (Å²) in [5, 5.41) is 11.2. The number of aliphatic hydroxyl groups is 1. The molecule has 1 atom stereocenters. The maximum absolute atomic E-state index is 12.0. The largest absolute Gasteiger partial charge is 0.415 e. The van der Waals surface area contributed by atoms with Gasteiger partial charge < -0.3 is 15.3 Å². The zero-order chi connectivity index (χ0) is 13.6. The maximum Gasteiger partial charge on any atom is 0.415 e. The third kappa shape index (κ3) is 5.22. The van der Waals surface area contributed by atoms with Gasteiger partial charge in [0.15, 0.2) is 6.10 Å². The number of aliphatic hydroxyl groups excluding tert-OH is 1. The lowest BCUT2D eigenvalue weighted by Crippen LogP contribution is -2.41. The van der Waals surface area contributed by atoms with Gasteiger partial charge in [-0.1, -0.05) is 0 Å². The van der Waals surface area contributed by atoms with Crippen molar-refractivity contribution >= 4 is 5.91 Å². The lowest BCUT2D eigenvalue weighted by atomic mass is 10.1. The molecule has 0 aromatic carbocycles. The highest BCUT2D eigenvalue weighted by atomic mass is 19.4. The summed E-state index contributed by atoms with van der Waals surface area (Å²) in [5.74, 6) is -0.0382. The van der Waals surface area contributed by atoms with Crippen LogP contribution in [0.1, 0.15) is 25.7 Å². The number of carbonyl (C=O) groups is 1. The second kappa shape index (κ2) is 6.94. The minimum absolute atomic E-state index is 0.0382. The molecule has 2 N–H and O–H groups in total. The monoisotopic (exact) mass is 268 g/mol. The van der Waals surface area contributed by atoms with Crippen LogP contribution in [0.5, 0.6) is 0 Å². The molecule has 1 saturated heterocycles. The van der Waals surface area contributed by atoms with E-state index in [0.717, 1.165) is 32.4 Å². The molecule has 0 aromatic heterocycles. The number of rotatable bonds is 5. The molecule has 106 valence electrons. The van der Waals surface area contributed by atoms with Crippen LogP contribution < -0.4 is 5.32 Å². The van der Waals surface area contributed by atoms with Crippen LogP contribution >= 0.6 is 0 Å². The first-order valence-corrected chi connectivity index (χ1v) is 6.14. The Morgan fingerprint density at radius 3 is 2.44 bits per heavy atom. The first kappa shape index (κ1) is 15.2. The summed E-state index contributed by atoms with van der Waals surface area (Å²) in [4.78, 5) is 13.4. The predicted molar refractivity (Wildman–Crippen MR) is 60.0 cm³/mol. The van der Waals surface area contributed by atoms with Crippen LogP contribution in [0, 0.1) is 0 Å². The molecule has 1 unspecified atom stereocenters. The van der Waals surface area contributed by atoms with E-state index in [1.165, 1.54) is 0 Å². The molecule has 1 fully saturated rings. The molecule has 1 amide bonds. The first-order valence-electron chi connectivity index (χ1n) is 6.14. The van der Waals surface area contributed by atoms with Crippen LogP contribution in [-0.2, 0) is 4.79 Å². The van der Waals surface area contributed by atoms with Crippen LogP contribution in [0.3, 0.4) is 0 Å². The van der Waals surface area contributed by atoms with Gasteiger partial charge in [-0.05, 0) is 19.3 Å². The molecule has 0 aromatic rings. The number of halogens is 3. The third-order valence-corrected chi connectivity index (χ3v) is 2.94. The Morgan fingerprint density at radius 1 is 1.28 bits per heavy atom. The molecular weight excluding hydrogens is 249 g/mol. The Labute approximate surface area is 104 Å². The fourth-order valence-electron chi connectivity index (χ4n) is 1.85. The number of alkyl halides is 3. The van der Waals surface area contributed by atoms with Gasteiger partial charge in [0, 0.05) is 32.6 Å². The highest BCUT2D eigenvalue weighted by Gasteiger charge is 2.37. The number of amides is 1. The Kier molecular flexibility index (Phi) is 5.87. The minimum atomic E-state index is -4.61. The summed E-state index contributed by atoms with van der Waals surface area (Å²) < 4.78 is 35.9. The van der Waals surface area contributed by atoms with Crippen molar-refractivity contribution < 1.29 is 23.1 Å². The molecule has 4 nitrogen and oxygen atoms in total. The van der Waals surface area contributed by atoms with Gasteiger partial charge in [0.2, 0.25) is 5.91 Å². The molecule has 18 heavy (non-hydrogen) atoms. The first-order chi connectivity index (χ1) is 8.41. The van der Waals surface area contributed by atoms with Gasteiger partial charge >= 0.3 is 6.18 Å². The van der Waals surface area contributed by atoms with Gasteiger partial charge in [-0.3, -0.25) is 4.79 Å². The number of carbonyl (C=O) groups excluding carboxylic acids is 1. The Bertz CT molecular complexity index is 266. The lowest BCUT2D eigenvalue weighted by Gasteiger charge is -2.26. The molecule has 0 spiro atoms. The molecule has 0 radical (unpaired) electrons. The summed E-state index contributed by atoms with van der Waals surface area (Å²) in [5.41, 5.74) is 0. The van der Waals surface area contributed by atoms with Crippen molar-refractivity contribution in [2.45, 2.75) is 38.0 Å². The Balaban J connectivity index is 2.12. The number of nitrogens with one attached hydrogen (secondary N) is 1. The Morgan fingerprint density at radius 2 is 1.89 bits per heavy atom. The summed E-state index contributed by atoms with van der Waals surface area (Å²) >= 11 is 0. The van der Waals surface area contributed by atoms with Crippen molar-refractivity contribution in [3.8, 4) is 0 Å². The summed E-state index contributed by atoms with van der Waals surface area (Å²) in [7, 11) is 0. The average Bonchev–Trinajstić information content (AvgIpc) is 2.34. The summed E-state index contributed by atoms with van der Waals surface area (Å²) in [6.07, 6.45) is -3.70. The van der Waals surface area contributed by atoms with Crippen molar-refractivity contribution in [2.75, 3.05) is 26.2 Å². The van der Waals surface area contributed by atoms with E-state index in [1.54, 1.807) is 4.90 Å². The highest BCUT2D eigenvalue weighted by molar-refractivity contribution is 5.76. The van der Waals surface area contributed by atoms with Gasteiger partial charge in [0.25, 0.3) is 0 Å². The molecular formula is C11H19F3N2O2. The van der Waals surface area contributed by atoms with E-state index in [0.29, 0.717) is 0 Å². The van der Waals surface area contributed by atoms with Crippen LogP contribution in [0.15, 0.2) is 0 Å². The van der Waals surface area contributed by atoms with Gasteiger partial charge in [0.1, 0.15) is 0 Å². The summed E-state index contributed by atoms with van der Waals surface area (Å²) in [6, 6.07) is 0. The predicted octanol–water partition coefficient (Wildman–Crippen LogP) is 0.902. The molecule has 0 bridgehead atoms. The second-order valence-electron chi connectivity index (χ2n) is 4.45. The molecule has 1 heterocycles. The molecule has 1 rings (SSSR count). The van der Waals surface area contributed by atoms with Gasteiger partial charge in [-0.25, -0.2) is 0 Å². The topological polar surface area (TPSA) is 52.6 Å². The van der Waals surface area contributed by atoms with Crippen molar-refractivity contribution in [3.05, 3.63) is 0 Å². The quantitative estimate of drug-likeness (QED) is 0.728. The van der Waals surface area contributed by atoms with Crippen molar-refractivity contribution in [2.24, 2.45) is 0 Å². The van der Waals surface area contributed by atoms with Gasteiger partial charge in [-0.15, -0.1) is 0 Å². The van der Waals surface area contributed by atoms with Crippen molar-refractivity contribution in [1.29, 1.82) is 0 Å². The zero-order valence-corrected chi connectivity index (χ0v) is 10.2. The number of piperidine rings is 1. The SMILES string of the molecule is O=C(CCNCC(O)C(F)(F)F)N1CCCCC1. The number of likely N-dealkylation sites (tertiary alicyclic amines) is 1. The second-order valence-corrected chi connectivity index (χ2v) is 4.45. The van der Waals surface area contributed by atoms with E-state index in [4.69, 9.17) is 5.11 Å². The third-order valence-electron chi connectivity index (χ3n) is 2.94. The summed E-state index contributed by atoms with van der Waals surface area (Å²) in [6.45, 7) is 1.06. The van der Waals surface area contributed by atoms with E-state index in [1.807, 2.05) is 0 Å². The van der Waals surface area contributed by atoms with E-state index in [9.17, 15) is 18.0 Å². The molecule has 7 heteroatoms. The van der Waals surface area contributed by atoms with E-state index >= 15 is 0 Å². The standard InChI is InChI=1S/C11H19F3N2O2/c12-11(13,14)9(17)8-15-5-4-10(18)16-6-2-1-3-7-16/h9,15,17H,1-8H2. The van der Waals surface area contributed by atoms with Gasteiger partial charge in [0.05, 0.1) is 0 Å². The zero-order valence-electron chi connectivity index (χ0n) is 10.2. The normalized spacial score (nSPS) is 18.8. The molecule has 1 aliphatic rings. The van der Waals surface area contributed by atoms with E-state index in [2.05, 4.69) is 5.32 Å². The highest BCUT2D eigenvalue weighted by Crippen LogP contribution is 2.19. The van der Waals surface area contributed by atoms with Gasteiger partial charge in [-0.2, -0.15) is 13.2 Å². The lowest BCUT2D eigenvalue weighted by molar-refractivity contribution is -0.201. The molecule has 0 saturated carbocycles. The van der Waals surface area contributed by atoms with Crippen LogP contribution in [0.4, 0.5) is 13.2 Å². The van der Waals surface area contributed by atoms with Crippen LogP contribution in [-0.4, -0.2) is 54.4 Å². The Hall–Kier alpha value is -0.820. The van der Waals surface area contributed by atoms with Crippen molar-refractivity contribution in [3.63, 3.8) is 0 Å². The smallest absolute Gasteiger partial charge is 0.382 e. The van der Waals surface area contributed by atoms with E-state index < -0.39 is 18.8 Å². The minimum Gasteiger partial charge on any atom is -0.382 e.